The third-order valence-electron chi connectivity index (χ3n) is 7.14. The zero-order chi connectivity index (χ0) is 28.8. The summed E-state index contributed by atoms with van der Waals surface area (Å²) in [4.78, 5) is 17.9. The summed E-state index contributed by atoms with van der Waals surface area (Å²) < 4.78 is 90.7. The number of hydrogen-bond acceptors (Lipinski definition) is 6. The maximum absolute atomic E-state index is 14.1. The largest absolute Gasteiger partial charge is 0.598 e. The van der Waals surface area contributed by atoms with Gasteiger partial charge in [0, 0.05) is 24.0 Å². The van der Waals surface area contributed by atoms with Crippen LogP contribution < -0.4 is 10.0 Å². The van der Waals surface area contributed by atoms with Crippen LogP contribution in [0.25, 0.3) is 5.65 Å². The number of methoxy groups -OCH3 is 1. The number of fused-ring (bicyclic) bond motifs is 1. The number of nitrogens with zero attached hydrogens (tertiary/aromatic N) is 4. The Kier molecular flexibility index (Phi) is 8.11. The molecule has 2 aromatic rings. The normalized spacial score (nSPS) is 21.5. The first-order valence-electron chi connectivity index (χ1n) is 12.6. The molecule has 0 aromatic carbocycles. The minimum atomic E-state index is -4.32. The Morgan fingerprint density at radius 3 is 2.56 bits per heavy atom. The van der Waals surface area contributed by atoms with E-state index in [0.29, 0.717) is 11.3 Å². The van der Waals surface area contributed by atoms with Crippen LogP contribution in [0.4, 0.5) is 26.7 Å². The highest BCUT2D eigenvalue weighted by Gasteiger charge is 2.62. The Morgan fingerprint density at radius 1 is 1.28 bits per heavy atom. The maximum atomic E-state index is 14.1. The third-order valence-corrected chi connectivity index (χ3v) is 8.75. The summed E-state index contributed by atoms with van der Waals surface area (Å²) in [7, 11) is 1.38. The van der Waals surface area contributed by atoms with Crippen LogP contribution in [0.15, 0.2) is 18.5 Å². The van der Waals surface area contributed by atoms with E-state index in [9.17, 15) is 31.3 Å². The molecule has 9 nitrogen and oxygen atoms in total. The van der Waals surface area contributed by atoms with E-state index in [1.54, 1.807) is 26.8 Å². The first kappa shape index (κ1) is 29.7. The molecule has 1 saturated carbocycles. The highest BCUT2D eigenvalue weighted by atomic mass is 32.2. The van der Waals surface area contributed by atoms with Crippen molar-refractivity contribution < 1.29 is 36.0 Å². The van der Waals surface area contributed by atoms with Gasteiger partial charge in [-0.15, -0.1) is 4.72 Å². The van der Waals surface area contributed by atoms with Gasteiger partial charge in [-0.05, 0) is 52.5 Å². The molecule has 1 aliphatic heterocycles. The van der Waals surface area contributed by atoms with Gasteiger partial charge in [-0.3, -0.25) is 0 Å². The predicted octanol–water partition coefficient (Wildman–Crippen LogP) is 4.29. The molecule has 1 saturated heterocycles. The summed E-state index contributed by atoms with van der Waals surface area (Å²) in [6, 6.07) is -0.741. The van der Waals surface area contributed by atoms with Crippen LogP contribution in [-0.2, 0) is 16.1 Å². The molecule has 1 aliphatic carbocycles. The summed E-state index contributed by atoms with van der Waals surface area (Å²) in [5.41, 5.74) is -0.699. The summed E-state index contributed by atoms with van der Waals surface area (Å²) in [5, 5.41) is 6.48. The van der Waals surface area contributed by atoms with E-state index in [2.05, 4.69) is 20.1 Å². The number of imidazole rings is 1. The molecule has 218 valence electrons. The van der Waals surface area contributed by atoms with Crippen LogP contribution in [0.3, 0.4) is 0 Å². The molecule has 3 heterocycles. The van der Waals surface area contributed by atoms with Gasteiger partial charge < -0.3 is 19.5 Å². The van der Waals surface area contributed by atoms with Crippen LogP contribution in [0.1, 0.15) is 69.8 Å². The highest BCUT2D eigenvalue weighted by molar-refractivity contribution is 7.90. The van der Waals surface area contributed by atoms with Crippen molar-refractivity contribution in [2.45, 2.75) is 75.4 Å². The number of ether oxygens (including phenoxy) is 1. The van der Waals surface area contributed by atoms with Crippen molar-refractivity contribution in [2.24, 2.45) is 5.41 Å². The Morgan fingerprint density at radius 2 is 1.97 bits per heavy atom. The fraction of sp³-hybridized carbons (Fsp3) is 0.708. The van der Waals surface area contributed by atoms with Crippen molar-refractivity contribution in [3.63, 3.8) is 0 Å². The van der Waals surface area contributed by atoms with Crippen LogP contribution in [-0.4, -0.2) is 73.7 Å². The lowest BCUT2D eigenvalue weighted by atomic mass is 9.96. The third kappa shape index (κ3) is 6.57. The Bertz CT molecular complexity index is 1180. The van der Waals surface area contributed by atoms with E-state index >= 15 is 0 Å². The first-order chi connectivity index (χ1) is 18.1. The van der Waals surface area contributed by atoms with E-state index < -0.39 is 64.8 Å². The highest BCUT2D eigenvalue weighted by Crippen LogP contribution is 2.61. The topological polar surface area (TPSA) is 107 Å². The van der Waals surface area contributed by atoms with E-state index in [0.717, 1.165) is 4.90 Å². The number of halogens is 5. The lowest BCUT2D eigenvalue weighted by Crippen LogP contribution is -2.58. The molecule has 2 amide bonds. The van der Waals surface area contributed by atoms with E-state index in [1.165, 1.54) is 24.0 Å². The average molecular weight is 581 g/mol. The molecule has 2 aliphatic rings. The molecule has 0 spiro atoms. The Balaban J connectivity index is 1.63. The first-order valence-corrected chi connectivity index (χ1v) is 13.7. The molecule has 0 bridgehead atoms. The van der Waals surface area contributed by atoms with Crippen molar-refractivity contribution in [1.29, 1.82) is 0 Å². The van der Waals surface area contributed by atoms with Crippen LogP contribution >= 0.6 is 0 Å². The minimum absolute atomic E-state index is 0.0490. The van der Waals surface area contributed by atoms with E-state index in [4.69, 9.17) is 4.74 Å². The summed E-state index contributed by atoms with van der Waals surface area (Å²) >= 11 is -1.59. The maximum Gasteiger partial charge on any atom is 0.394 e. The van der Waals surface area contributed by atoms with Gasteiger partial charge in [-0.25, -0.2) is 23.1 Å². The van der Waals surface area contributed by atoms with E-state index in [1.807, 2.05) is 0 Å². The number of aromatic nitrogens is 3. The zero-order valence-corrected chi connectivity index (χ0v) is 23.0. The van der Waals surface area contributed by atoms with Gasteiger partial charge in [0.05, 0.1) is 55.3 Å². The van der Waals surface area contributed by atoms with Gasteiger partial charge in [-0.1, -0.05) is 0 Å². The second-order valence-electron chi connectivity index (χ2n) is 11.2. The van der Waals surface area contributed by atoms with Crippen LogP contribution in [0.2, 0.25) is 0 Å². The molecule has 39 heavy (non-hydrogen) atoms. The quantitative estimate of drug-likeness (QED) is 0.321. The summed E-state index contributed by atoms with van der Waals surface area (Å²) in [6.45, 7) is 3.60. The number of carbonyl (C=O) groups excluding carboxylic acids is 1. The fourth-order valence-corrected chi connectivity index (χ4v) is 5.39. The number of hydrogen-bond donors (Lipinski definition) is 2. The molecule has 2 aromatic heterocycles. The number of urea groups is 1. The van der Waals surface area contributed by atoms with Gasteiger partial charge >= 0.3 is 12.2 Å². The van der Waals surface area contributed by atoms with Gasteiger partial charge in [0.25, 0.3) is 5.92 Å². The molecule has 15 heteroatoms. The van der Waals surface area contributed by atoms with Gasteiger partial charge in [0.1, 0.15) is 4.75 Å². The summed E-state index contributed by atoms with van der Waals surface area (Å²) in [6.07, 6.45) is -1.34. The number of rotatable bonds is 10. The van der Waals surface area contributed by atoms with Crippen molar-refractivity contribution >= 4 is 23.0 Å². The average Bonchev–Trinajstić information content (AvgIpc) is 3.52. The molecule has 1 unspecified atom stereocenters. The van der Waals surface area contributed by atoms with E-state index in [-0.39, 0.29) is 37.9 Å². The Labute approximate surface area is 226 Å². The Hall–Kier alpha value is -2.23. The van der Waals surface area contributed by atoms with Gasteiger partial charge in [0.2, 0.25) is 0 Å². The zero-order valence-electron chi connectivity index (χ0n) is 22.1. The molecular formula is C24H33F5N6O3S. The SMILES string of the molecule is COC[C@H](c1cnn2cc(C(CCC3(C(F)(F)F)CC3)N[S@@+]([O-])C(C)(C)C)nc2c1)N1CC(F)(F)CNC1=O. The second-order valence-corrected chi connectivity index (χ2v) is 13.2. The molecule has 2 fully saturated rings. The molecule has 4 rings (SSSR count). The standard InChI is InChI=1S/C24H33F5N6O3S/c1-21(2,3)39(37)33-16(5-6-22(7-8-22)24(27,28)29)17-11-35-19(32-17)9-15(10-31-35)18(12-38-4)34-14-23(25,26)13-30-20(34)36/h9-11,16,18,33H,5-8,12-14H2,1-4H3,(H,30,36)/t16?,18-,39+/m1/s1. The minimum Gasteiger partial charge on any atom is -0.598 e. The van der Waals surface area contributed by atoms with Crippen molar-refractivity contribution in [1.82, 2.24) is 29.5 Å². The number of nitrogens with one attached hydrogen (secondary N) is 2. The van der Waals surface area contributed by atoms with Crippen LogP contribution in [0.5, 0.6) is 0 Å². The van der Waals surface area contributed by atoms with Crippen LogP contribution in [0, 0.1) is 5.41 Å². The lowest BCUT2D eigenvalue weighted by Gasteiger charge is -2.38. The summed E-state index contributed by atoms with van der Waals surface area (Å²) in [5.74, 6) is -3.13. The molecule has 2 N–H and O–H groups in total. The van der Waals surface area contributed by atoms with Crippen molar-refractivity contribution in [2.75, 3.05) is 26.8 Å². The smallest absolute Gasteiger partial charge is 0.394 e. The number of amides is 2. The van der Waals surface area contributed by atoms with Crippen molar-refractivity contribution in [3.05, 3.63) is 29.7 Å². The monoisotopic (exact) mass is 580 g/mol. The molecule has 0 radical (unpaired) electrons. The molecular weight excluding hydrogens is 547 g/mol. The lowest BCUT2D eigenvalue weighted by molar-refractivity contribution is -0.189. The molecule has 3 atom stereocenters. The number of carbonyl (C=O) groups is 1. The van der Waals surface area contributed by atoms with Gasteiger partial charge in [-0.2, -0.15) is 18.3 Å². The fourth-order valence-electron chi connectivity index (χ4n) is 4.54. The second kappa shape index (κ2) is 10.6. The predicted molar refractivity (Wildman–Crippen MR) is 133 cm³/mol. The van der Waals surface area contributed by atoms with Crippen molar-refractivity contribution in [3.8, 4) is 0 Å². The van der Waals surface area contributed by atoms with Gasteiger partial charge in [0.15, 0.2) is 5.65 Å². The number of alkyl halides is 5.